The van der Waals surface area contributed by atoms with Crippen molar-refractivity contribution in [3.05, 3.63) is 11.6 Å². The van der Waals surface area contributed by atoms with Crippen molar-refractivity contribution in [3.63, 3.8) is 0 Å². The molecule has 1 amide bonds. The zero-order valence-corrected chi connectivity index (χ0v) is 9.23. The molecule has 5 heteroatoms. The standard InChI is InChI=1S/C10H18N4O/c1-8(11)5-9-3-4-14(6-9)10(12-2)13-7-15/h3,7-8H,4-6,11H2,1-2H3,(H,12,13,15). The van der Waals surface area contributed by atoms with Gasteiger partial charge in [-0.05, 0) is 13.3 Å². The van der Waals surface area contributed by atoms with E-state index in [9.17, 15) is 4.79 Å². The second kappa shape index (κ2) is 5.50. The molecular weight excluding hydrogens is 192 g/mol. The third-order valence-corrected chi connectivity index (χ3v) is 2.28. The Morgan fingerprint density at radius 2 is 2.60 bits per heavy atom. The smallest absolute Gasteiger partial charge is 0.213 e. The Kier molecular flexibility index (Phi) is 4.30. The van der Waals surface area contributed by atoms with Crippen LogP contribution < -0.4 is 11.1 Å². The fraction of sp³-hybridized carbons (Fsp3) is 0.600. The van der Waals surface area contributed by atoms with Crippen molar-refractivity contribution < 1.29 is 4.79 Å². The highest BCUT2D eigenvalue weighted by Gasteiger charge is 2.17. The van der Waals surface area contributed by atoms with E-state index >= 15 is 0 Å². The second-order valence-electron chi connectivity index (χ2n) is 3.73. The topological polar surface area (TPSA) is 70.7 Å². The molecular formula is C10H18N4O. The van der Waals surface area contributed by atoms with Crippen LogP contribution in [0, 0.1) is 0 Å². The van der Waals surface area contributed by atoms with Gasteiger partial charge < -0.3 is 10.6 Å². The minimum atomic E-state index is 0.178. The Labute approximate surface area is 90.0 Å². The van der Waals surface area contributed by atoms with Crippen LogP contribution in [-0.2, 0) is 4.79 Å². The lowest BCUT2D eigenvalue weighted by atomic mass is 10.1. The maximum absolute atomic E-state index is 10.3. The molecule has 0 saturated carbocycles. The summed E-state index contributed by atoms with van der Waals surface area (Å²) < 4.78 is 0. The maximum Gasteiger partial charge on any atom is 0.213 e. The zero-order valence-electron chi connectivity index (χ0n) is 9.23. The van der Waals surface area contributed by atoms with E-state index < -0.39 is 0 Å². The first-order chi connectivity index (χ1) is 7.17. The Balaban J connectivity index is 2.48. The molecule has 1 atom stereocenters. The highest BCUT2D eigenvalue weighted by Crippen LogP contribution is 2.13. The summed E-state index contributed by atoms with van der Waals surface area (Å²) in [4.78, 5) is 16.3. The van der Waals surface area contributed by atoms with Crippen LogP contribution in [0.25, 0.3) is 0 Å². The molecule has 84 valence electrons. The first kappa shape index (κ1) is 11.7. The average Bonchev–Trinajstić information content (AvgIpc) is 2.61. The Hall–Kier alpha value is -1.36. The van der Waals surface area contributed by atoms with E-state index in [-0.39, 0.29) is 6.04 Å². The van der Waals surface area contributed by atoms with Crippen LogP contribution in [-0.4, -0.2) is 43.4 Å². The predicted molar refractivity (Wildman–Crippen MR) is 60.5 cm³/mol. The summed E-state index contributed by atoms with van der Waals surface area (Å²) in [5.41, 5.74) is 7.03. The Morgan fingerprint density at radius 3 is 3.13 bits per heavy atom. The van der Waals surface area contributed by atoms with Crippen molar-refractivity contribution in [1.82, 2.24) is 10.2 Å². The molecule has 0 fully saturated rings. The van der Waals surface area contributed by atoms with E-state index in [4.69, 9.17) is 5.73 Å². The number of amides is 1. The number of guanidine groups is 1. The van der Waals surface area contributed by atoms with E-state index in [1.807, 2.05) is 11.8 Å². The first-order valence-corrected chi connectivity index (χ1v) is 5.02. The van der Waals surface area contributed by atoms with Gasteiger partial charge in [0.25, 0.3) is 0 Å². The Bertz CT molecular complexity index is 283. The van der Waals surface area contributed by atoms with Crippen LogP contribution in [0.3, 0.4) is 0 Å². The van der Waals surface area contributed by atoms with Crippen LogP contribution in [0.1, 0.15) is 13.3 Å². The summed E-state index contributed by atoms with van der Waals surface area (Å²) >= 11 is 0. The summed E-state index contributed by atoms with van der Waals surface area (Å²) in [6.07, 6.45) is 3.68. The van der Waals surface area contributed by atoms with Gasteiger partial charge in [-0.15, -0.1) is 0 Å². The number of carbonyl (C=O) groups is 1. The number of rotatable bonds is 3. The van der Waals surface area contributed by atoms with E-state index in [0.29, 0.717) is 12.4 Å². The van der Waals surface area contributed by atoms with Crippen molar-refractivity contribution >= 4 is 12.4 Å². The molecule has 0 bridgehead atoms. The van der Waals surface area contributed by atoms with Gasteiger partial charge in [0.05, 0.1) is 0 Å². The molecule has 1 rings (SSSR count). The van der Waals surface area contributed by atoms with E-state index in [1.165, 1.54) is 5.57 Å². The third-order valence-electron chi connectivity index (χ3n) is 2.28. The third kappa shape index (κ3) is 3.36. The van der Waals surface area contributed by atoms with Gasteiger partial charge in [0.15, 0.2) is 0 Å². The fourth-order valence-electron chi connectivity index (χ4n) is 1.69. The minimum absolute atomic E-state index is 0.178. The molecule has 3 N–H and O–H groups in total. The average molecular weight is 210 g/mol. The molecule has 0 spiro atoms. The van der Waals surface area contributed by atoms with Crippen LogP contribution in [0.2, 0.25) is 0 Å². The fourth-order valence-corrected chi connectivity index (χ4v) is 1.69. The second-order valence-corrected chi connectivity index (χ2v) is 3.73. The molecule has 1 unspecified atom stereocenters. The van der Waals surface area contributed by atoms with E-state index in [0.717, 1.165) is 19.5 Å². The highest BCUT2D eigenvalue weighted by atomic mass is 16.1. The SMILES string of the molecule is CN=C(NC=O)N1CC=C(CC(C)N)C1. The van der Waals surface area contributed by atoms with Gasteiger partial charge in [-0.2, -0.15) is 0 Å². The zero-order chi connectivity index (χ0) is 11.3. The number of hydrogen-bond donors (Lipinski definition) is 2. The lowest BCUT2D eigenvalue weighted by molar-refractivity contribution is -0.108. The van der Waals surface area contributed by atoms with Gasteiger partial charge in [0, 0.05) is 26.2 Å². The highest BCUT2D eigenvalue weighted by molar-refractivity contribution is 5.89. The minimum Gasteiger partial charge on any atom is -0.335 e. The molecule has 1 heterocycles. The van der Waals surface area contributed by atoms with Crippen LogP contribution in [0.15, 0.2) is 16.6 Å². The molecule has 0 aromatic rings. The first-order valence-electron chi connectivity index (χ1n) is 5.02. The predicted octanol–water partition coefficient (Wildman–Crippen LogP) is -0.302. The molecule has 0 aromatic carbocycles. The number of nitrogens with two attached hydrogens (primary N) is 1. The van der Waals surface area contributed by atoms with E-state index in [2.05, 4.69) is 16.4 Å². The van der Waals surface area contributed by atoms with Gasteiger partial charge in [-0.1, -0.05) is 11.6 Å². The summed E-state index contributed by atoms with van der Waals surface area (Å²) in [6, 6.07) is 0.178. The van der Waals surface area contributed by atoms with Crippen LogP contribution in [0.5, 0.6) is 0 Å². The summed E-state index contributed by atoms with van der Waals surface area (Å²) in [5.74, 6) is 0.612. The molecule has 0 saturated heterocycles. The molecule has 0 radical (unpaired) electrons. The van der Waals surface area contributed by atoms with Crippen molar-refractivity contribution in [1.29, 1.82) is 0 Å². The maximum atomic E-state index is 10.3. The van der Waals surface area contributed by atoms with Gasteiger partial charge in [0.2, 0.25) is 12.4 Å². The molecule has 15 heavy (non-hydrogen) atoms. The van der Waals surface area contributed by atoms with Crippen LogP contribution >= 0.6 is 0 Å². The van der Waals surface area contributed by atoms with Gasteiger partial charge in [0.1, 0.15) is 0 Å². The molecule has 1 aliphatic heterocycles. The lowest BCUT2D eigenvalue weighted by Crippen LogP contribution is -2.39. The largest absolute Gasteiger partial charge is 0.335 e. The quantitative estimate of drug-likeness (QED) is 0.291. The van der Waals surface area contributed by atoms with E-state index in [1.54, 1.807) is 7.05 Å². The van der Waals surface area contributed by atoms with Crippen molar-refractivity contribution in [2.75, 3.05) is 20.1 Å². The summed E-state index contributed by atoms with van der Waals surface area (Å²) in [7, 11) is 1.66. The lowest BCUT2D eigenvalue weighted by Gasteiger charge is -2.19. The number of nitrogens with zero attached hydrogens (tertiary/aromatic N) is 2. The molecule has 0 aromatic heterocycles. The molecule has 0 aliphatic carbocycles. The van der Waals surface area contributed by atoms with Crippen molar-refractivity contribution in [2.45, 2.75) is 19.4 Å². The van der Waals surface area contributed by atoms with Gasteiger partial charge in [-0.25, -0.2) is 0 Å². The Morgan fingerprint density at radius 1 is 1.87 bits per heavy atom. The van der Waals surface area contributed by atoms with Gasteiger partial charge in [-0.3, -0.25) is 15.1 Å². The summed E-state index contributed by atoms with van der Waals surface area (Å²) in [6.45, 7) is 3.58. The normalized spacial score (nSPS) is 18.7. The summed E-state index contributed by atoms with van der Waals surface area (Å²) in [5, 5.41) is 2.58. The molecule has 5 nitrogen and oxygen atoms in total. The number of nitrogens with one attached hydrogen (secondary N) is 1. The number of hydrogen-bond acceptors (Lipinski definition) is 3. The van der Waals surface area contributed by atoms with Crippen LogP contribution in [0.4, 0.5) is 0 Å². The number of aliphatic imine (C=N–C) groups is 1. The monoisotopic (exact) mass is 210 g/mol. The van der Waals surface area contributed by atoms with Crippen molar-refractivity contribution in [2.24, 2.45) is 10.7 Å². The van der Waals surface area contributed by atoms with Crippen molar-refractivity contribution in [3.8, 4) is 0 Å². The number of carbonyl (C=O) groups excluding carboxylic acids is 1. The molecule has 1 aliphatic rings. The van der Waals surface area contributed by atoms with Gasteiger partial charge >= 0.3 is 0 Å².